The third-order valence-corrected chi connectivity index (χ3v) is 8.15. The van der Waals surface area contributed by atoms with Crippen LogP contribution >= 0.6 is 0 Å². The highest BCUT2D eigenvalue weighted by atomic mass is 16.3. The number of aromatic hydroxyl groups is 1. The fourth-order valence-corrected chi connectivity index (χ4v) is 6.34. The van der Waals surface area contributed by atoms with Crippen molar-refractivity contribution >= 4 is 34.8 Å². The monoisotopic (exact) mass is 571 g/mol. The van der Waals surface area contributed by atoms with Gasteiger partial charge >= 0.3 is 0 Å². The van der Waals surface area contributed by atoms with Gasteiger partial charge in [0.25, 0.3) is 5.91 Å². The normalized spacial score (nSPS) is 24.8. The first-order valence-electron chi connectivity index (χ1n) is 13.2. The number of primary amides is 1. The van der Waals surface area contributed by atoms with E-state index in [1.807, 2.05) is 0 Å². The van der Waals surface area contributed by atoms with E-state index in [4.69, 9.17) is 5.73 Å². The highest BCUT2D eigenvalue weighted by Crippen LogP contribution is 2.52. The number of nitrogens with two attached hydrogens (primary N) is 1. The number of amides is 2. The number of benzene rings is 2. The first-order chi connectivity index (χ1) is 19.8. The molecule has 3 aliphatic rings. The number of rotatable bonds is 3. The van der Waals surface area contributed by atoms with E-state index >= 15 is 0 Å². The van der Waals surface area contributed by atoms with Gasteiger partial charge in [-0.05, 0) is 74.8 Å². The van der Waals surface area contributed by atoms with E-state index in [1.54, 1.807) is 44.4 Å². The summed E-state index contributed by atoms with van der Waals surface area (Å²) in [5, 5.41) is 47.3. The largest absolute Gasteiger partial charge is 0.508 e. The molecule has 0 radical (unpaired) electrons. The Labute approximate surface area is 240 Å². The van der Waals surface area contributed by atoms with Crippen LogP contribution in [0.15, 0.2) is 53.3 Å². The van der Waals surface area contributed by atoms with Gasteiger partial charge in [-0.15, -0.1) is 0 Å². The molecule has 0 aromatic heterocycles. The molecular formula is C31H29N3O8. The predicted octanol–water partition coefficient (Wildman–Crippen LogP) is 1.32. The number of aliphatic hydroxyl groups is 3. The maximum Gasteiger partial charge on any atom is 0.255 e. The van der Waals surface area contributed by atoms with Crippen molar-refractivity contribution < 1.29 is 39.6 Å². The molecule has 2 aromatic carbocycles. The van der Waals surface area contributed by atoms with Crippen LogP contribution in [0.4, 0.5) is 5.69 Å². The van der Waals surface area contributed by atoms with Gasteiger partial charge in [0.2, 0.25) is 11.7 Å². The topological polar surface area (TPSA) is 190 Å². The molecule has 0 bridgehead atoms. The Morgan fingerprint density at radius 2 is 1.71 bits per heavy atom. The molecule has 2 amide bonds. The molecule has 5 rings (SSSR count). The Hall–Kier alpha value is -4.92. The van der Waals surface area contributed by atoms with Crippen LogP contribution in [0.5, 0.6) is 5.75 Å². The van der Waals surface area contributed by atoms with Crippen LogP contribution in [-0.2, 0) is 25.6 Å². The van der Waals surface area contributed by atoms with Gasteiger partial charge < -0.3 is 31.5 Å². The lowest BCUT2D eigenvalue weighted by Crippen LogP contribution is -2.65. The molecule has 1 fully saturated rings. The second-order valence-corrected chi connectivity index (χ2v) is 11.0. The van der Waals surface area contributed by atoms with Crippen LogP contribution in [0.2, 0.25) is 0 Å². The Bertz CT molecular complexity index is 1690. The Balaban J connectivity index is 1.61. The Kier molecular flexibility index (Phi) is 6.92. The van der Waals surface area contributed by atoms with Crippen LogP contribution in [0.25, 0.3) is 5.76 Å². The van der Waals surface area contributed by atoms with Gasteiger partial charge in [-0.3, -0.25) is 24.1 Å². The van der Waals surface area contributed by atoms with Crippen LogP contribution in [0, 0.1) is 23.7 Å². The van der Waals surface area contributed by atoms with Crippen molar-refractivity contribution in [2.24, 2.45) is 17.6 Å². The molecule has 2 aromatic rings. The first kappa shape index (κ1) is 28.6. The van der Waals surface area contributed by atoms with Gasteiger partial charge in [0.1, 0.15) is 22.8 Å². The summed E-state index contributed by atoms with van der Waals surface area (Å²) in [6, 6.07) is 8.61. The maximum absolute atomic E-state index is 13.9. The van der Waals surface area contributed by atoms with Crippen LogP contribution in [0.3, 0.4) is 0 Å². The van der Waals surface area contributed by atoms with Gasteiger partial charge in [0.05, 0.1) is 11.6 Å². The molecule has 0 saturated heterocycles. The minimum Gasteiger partial charge on any atom is -0.508 e. The van der Waals surface area contributed by atoms with Crippen LogP contribution in [-0.4, -0.2) is 74.4 Å². The van der Waals surface area contributed by atoms with Crippen molar-refractivity contribution in [1.29, 1.82) is 0 Å². The number of fused-ring (bicyclic) bond motifs is 3. The highest BCUT2D eigenvalue weighted by molar-refractivity contribution is 6.24. The molecule has 7 N–H and O–H groups in total. The quantitative estimate of drug-likeness (QED) is 0.233. The van der Waals surface area contributed by atoms with E-state index in [-0.39, 0.29) is 35.6 Å². The smallest absolute Gasteiger partial charge is 0.255 e. The highest BCUT2D eigenvalue weighted by Gasteiger charge is 2.64. The molecule has 42 heavy (non-hydrogen) atoms. The number of phenols is 1. The lowest BCUT2D eigenvalue weighted by Gasteiger charge is -2.50. The fourth-order valence-electron chi connectivity index (χ4n) is 6.34. The van der Waals surface area contributed by atoms with Gasteiger partial charge in [0, 0.05) is 35.2 Å². The molecule has 4 atom stereocenters. The van der Waals surface area contributed by atoms with Crippen molar-refractivity contribution in [1.82, 2.24) is 4.90 Å². The number of nitrogens with zero attached hydrogens (tertiary/aromatic N) is 1. The standard InChI is InChI=1S/C31H29N3O8/c1-14(35)33-18-9-5-15(6-10-18)4-7-16-8-11-21(36)23-19(16)12-17-13-20-25(34(2)3)27(38)24(30(32)41)29(40)31(20,42)28(39)22(17)26(23)37/h5-6,8-11,17,20,25,36-37,40,42H,12-13H2,1-3H3,(H2,32,41)(H,33,35). The van der Waals surface area contributed by atoms with Gasteiger partial charge in [-0.25, -0.2) is 0 Å². The average molecular weight is 572 g/mol. The minimum absolute atomic E-state index is 0.0150. The zero-order valence-corrected chi connectivity index (χ0v) is 23.1. The van der Waals surface area contributed by atoms with E-state index in [0.717, 1.165) is 0 Å². The summed E-state index contributed by atoms with van der Waals surface area (Å²) in [5.74, 6) is -1.19. The Morgan fingerprint density at radius 3 is 2.31 bits per heavy atom. The number of hydrogen-bond donors (Lipinski definition) is 6. The zero-order chi connectivity index (χ0) is 30.7. The van der Waals surface area contributed by atoms with E-state index in [9.17, 15) is 39.6 Å². The summed E-state index contributed by atoms with van der Waals surface area (Å²) in [4.78, 5) is 52.0. The number of anilines is 1. The molecule has 11 heteroatoms. The number of carbonyl (C=O) groups excluding carboxylic acids is 4. The number of carbonyl (C=O) groups is 4. The van der Waals surface area contributed by atoms with Crippen molar-refractivity contribution in [2.75, 3.05) is 19.4 Å². The van der Waals surface area contributed by atoms with Crippen molar-refractivity contribution in [2.45, 2.75) is 31.4 Å². The number of ketones is 2. The van der Waals surface area contributed by atoms with Gasteiger partial charge in [-0.2, -0.15) is 0 Å². The summed E-state index contributed by atoms with van der Waals surface area (Å²) in [5.41, 5.74) is 3.75. The van der Waals surface area contributed by atoms with E-state index < -0.39 is 58.0 Å². The minimum atomic E-state index is -2.69. The first-order valence-corrected chi connectivity index (χ1v) is 13.2. The molecule has 1 saturated carbocycles. The van der Waals surface area contributed by atoms with E-state index in [0.29, 0.717) is 22.4 Å². The molecule has 0 aliphatic heterocycles. The third kappa shape index (κ3) is 4.32. The summed E-state index contributed by atoms with van der Waals surface area (Å²) >= 11 is 0. The number of nitrogens with one attached hydrogen (secondary N) is 1. The van der Waals surface area contributed by atoms with Gasteiger partial charge in [-0.1, -0.05) is 11.8 Å². The number of aliphatic hydroxyl groups excluding tert-OH is 2. The second-order valence-electron chi connectivity index (χ2n) is 11.0. The summed E-state index contributed by atoms with van der Waals surface area (Å²) in [6.45, 7) is 1.40. The molecule has 0 heterocycles. The predicted molar refractivity (Wildman–Crippen MR) is 151 cm³/mol. The summed E-state index contributed by atoms with van der Waals surface area (Å²) < 4.78 is 0. The maximum atomic E-state index is 13.9. The molecule has 3 aliphatic carbocycles. The summed E-state index contributed by atoms with van der Waals surface area (Å²) in [7, 11) is 3.09. The number of hydrogen-bond acceptors (Lipinski definition) is 9. The van der Waals surface area contributed by atoms with Crippen LogP contribution < -0.4 is 11.1 Å². The second kappa shape index (κ2) is 10.2. The summed E-state index contributed by atoms with van der Waals surface area (Å²) in [6.07, 6.45) is 0.118. The average Bonchev–Trinajstić information content (AvgIpc) is 2.90. The van der Waals surface area contributed by atoms with Crippen molar-refractivity contribution in [3.05, 3.63) is 75.6 Å². The number of phenolic OH excluding ortho intramolecular Hbond substituents is 1. The molecule has 0 spiro atoms. The molecule has 11 nitrogen and oxygen atoms in total. The molecular weight excluding hydrogens is 542 g/mol. The lowest BCUT2D eigenvalue weighted by atomic mass is 9.57. The molecule has 216 valence electrons. The third-order valence-electron chi connectivity index (χ3n) is 8.15. The molecule has 4 unspecified atom stereocenters. The van der Waals surface area contributed by atoms with Crippen LogP contribution in [0.1, 0.15) is 35.6 Å². The number of likely N-dealkylation sites (N-methyl/N-ethyl adjacent to an activating group) is 1. The lowest BCUT2D eigenvalue weighted by molar-refractivity contribution is -0.153. The van der Waals surface area contributed by atoms with Crippen molar-refractivity contribution in [3.8, 4) is 17.6 Å². The number of Topliss-reactive ketones (excluding diaryl/α,β-unsaturated/α-hetero) is 2. The van der Waals surface area contributed by atoms with Crippen molar-refractivity contribution in [3.63, 3.8) is 0 Å². The Morgan fingerprint density at radius 1 is 1.05 bits per heavy atom. The SMILES string of the molecule is CC(=O)Nc1ccc(C#Cc2ccc(O)c3c2CC2CC4C(N(C)C)C(=O)C(C(N)=O)=C(O)C4(O)C(=O)C2=C3O)cc1. The van der Waals surface area contributed by atoms with Gasteiger partial charge in [0.15, 0.2) is 11.4 Å². The fraction of sp³-hybridized carbons (Fsp3) is 0.290. The van der Waals surface area contributed by atoms with E-state index in [2.05, 4.69) is 17.2 Å². The zero-order valence-electron chi connectivity index (χ0n) is 23.1. The van der Waals surface area contributed by atoms with E-state index in [1.165, 1.54) is 17.9 Å².